The van der Waals surface area contributed by atoms with Gasteiger partial charge in [-0.2, -0.15) is 0 Å². The Balaban J connectivity index is 1.23. The lowest BCUT2D eigenvalue weighted by molar-refractivity contribution is 0.0949. The van der Waals surface area contributed by atoms with Crippen molar-refractivity contribution in [3.63, 3.8) is 0 Å². The first-order valence-corrected chi connectivity index (χ1v) is 12.8. The highest BCUT2D eigenvalue weighted by atomic mass is 16.5. The first-order valence-electron chi connectivity index (χ1n) is 12.8. The normalized spacial score (nSPS) is 15.8. The van der Waals surface area contributed by atoms with Crippen molar-refractivity contribution >= 4 is 22.8 Å². The minimum Gasteiger partial charge on any atom is -0.493 e. The van der Waals surface area contributed by atoms with Crippen LogP contribution in [-0.2, 0) is 19.5 Å². The Kier molecular flexibility index (Phi) is 6.29. The van der Waals surface area contributed by atoms with Crippen LogP contribution in [0.1, 0.15) is 34.0 Å². The number of para-hydroxylation sites is 1. The van der Waals surface area contributed by atoms with E-state index in [2.05, 4.69) is 34.7 Å². The molecule has 6 rings (SSSR count). The van der Waals surface area contributed by atoms with Gasteiger partial charge in [-0.1, -0.05) is 24.3 Å². The highest BCUT2D eigenvalue weighted by Crippen LogP contribution is 2.42. The summed E-state index contributed by atoms with van der Waals surface area (Å²) in [7, 11) is 3.28. The number of carbonyl (C=O) groups excluding carboxylic acids is 1. The zero-order valence-corrected chi connectivity index (χ0v) is 21.8. The molecule has 38 heavy (non-hydrogen) atoms. The van der Waals surface area contributed by atoms with Crippen LogP contribution in [0.4, 0.5) is 0 Å². The Morgan fingerprint density at radius 3 is 2.68 bits per heavy atom. The van der Waals surface area contributed by atoms with Gasteiger partial charge in [0.05, 0.1) is 25.3 Å². The van der Waals surface area contributed by atoms with Gasteiger partial charge in [-0.05, 0) is 55.3 Å². The molecule has 0 N–H and O–H groups in total. The van der Waals surface area contributed by atoms with Crippen LogP contribution in [-0.4, -0.2) is 42.7 Å². The molecular weight excluding hydrogens is 480 g/mol. The Hall–Kier alpha value is -4.23. The molecule has 0 unspecified atom stereocenters. The SMILES string of the molecule is CCn1cc(/C=C2\Oc3c(ccc4c3CN(CCc3ccc(OC)c(OC)c3)CO4)C2=O)c2ccccc21. The van der Waals surface area contributed by atoms with Gasteiger partial charge in [0.25, 0.3) is 0 Å². The third kappa shape index (κ3) is 4.19. The lowest BCUT2D eigenvalue weighted by atomic mass is 10.0. The largest absolute Gasteiger partial charge is 0.493 e. The van der Waals surface area contributed by atoms with E-state index in [0.29, 0.717) is 36.1 Å². The molecule has 1 aromatic heterocycles. The van der Waals surface area contributed by atoms with Gasteiger partial charge >= 0.3 is 0 Å². The molecule has 3 aromatic carbocycles. The number of nitrogens with zero attached hydrogens (tertiary/aromatic N) is 2. The van der Waals surface area contributed by atoms with Crippen molar-refractivity contribution < 1.29 is 23.7 Å². The molecule has 0 aliphatic carbocycles. The fraction of sp³-hybridized carbons (Fsp3) is 0.258. The number of ketones is 1. The molecule has 2 aliphatic rings. The summed E-state index contributed by atoms with van der Waals surface area (Å²) < 4.78 is 25.3. The van der Waals surface area contributed by atoms with Gasteiger partial charge in [-0.3, -0.25) is 9.69 Å². The van der Waals surface area contributed by atoms with Gasteiger partial charge in [0.2, 0.25) is 5.78 Å². The maximum Gasteiger partial charge on any atom is 0.231 e. The highest BCUT2D eigenvalue weighted by molar-refractivity contribution is 6.15. The van der Waals surface area contributed by atoms with Crippen molar-refractivity contribution in [3.05, 3.63) is 88.8 Å². The van der Waals surface area contributed by atoms with Gasteiger partial charge in [0.15, 0.2) is 17.3 Å². The van der Waals surface area contributed by atoms with Gasteiger partial charge in [-0.15, -0.1) is 0 Å². The molecule has 0 bridgehead atoms. The Bertz CT molecular complexity index is 1570. The molecule has 3 heterocycles. The van der Waals surface area contributed by atoms with Crippen LogP contribution in [0.25, 0.3) is 17.0 Å². The van der Waals surface area contributed by atoms with Crippen LogP contribution in [0.5, 0.6) is 23.0 Å². The highest BCUT2D eigenvalue weighted by Gasteiger charge is 2.33. The molecule has 0 atom stereocenters. The van der Waals surface area contributed by atoms with E-state index in [1.807, 2.05) is 48.5 Å². The Morgan fingerprint density at radius 2 is 1.87 bits per heavy atom. The number of hydrogen-bond acceptors (Lipinski definition) is 6. The molecule has 0 spiro atoms. The number of allylic oxidation sites excluding steroid dienone is 1. The van der Waals surface area contributed by atoms with E-state index in [4.69, 9.17) is 18.9 Å². The van der Waals surface area contributed by atoms with Crippen molar-refractivity contribution in [2.45, 2.75) is 26.4 Å². The molecule has 0 fully saturated rings. The quantitative estimate of drug-likeness (QED) is 0.298. The first-order chi connectivity index (χ1) is 18.6. The lowest BCUT2D eigenvalue weighted by Crippen LogP contribution is -2.33. The van der Waals surface area contributed by atoms with E-state index in [0.717, 1.165) is 58.6 Å². The van der Waals surface area contributed by atoms with Gasteiger partial charge in [-0.25, -0.2) is 0 Å². The second-order valence-electron chi connectivity index (χ2n) is 9.51. The standard InChI is InChI=1S/C31H30N2O5/c1-4-33-17-21(22-7-5-6-8-25(22)33)16-29-30(34)23-10-12-26-24(31(23)38-29)18-32(19-37-26)14-13-20-9-11-27(35-2)28(15-20)36-3/h5-12,15-17H,4,13-14,18-19H2,1-3H3/b29-16-. The van der Waals surface area contributed by atoms with Crippen molar-refractivity contribution in [2.75, 3.05) is 27.5 Å². The second-order valence-corrected chi connectivity index (χ2v) is 9.51. The third-order valence-corrected chi connectivity index (χ3v) is 7.29. The van der Waals surface area contributed by atoms with Crippen molar-refractivity contribution in [2.24, 2.45) is 0 Å². The number of fused-ring (bicyclic) bond motifs is 4. The van der Waals surface area contributed by atoms with Gasteiger partial charge in [0.1, 0.15) is 18.2 Å². The molecular formula is C31H30N2O5. The number of benzene rings is 3. The summed E-state index contributed by atoms with van der Waals surface area (Å²) in [5.41, 5.74) is 4.75. The number of carbonyl (C=O) groups is 1. The van der Waals surface area contributed by atoms with Crippen LogP contribution >= 0.6 is 0 Å². The topological polar surface area (TPSA) is 62.2 Å². The molecule has 2 aliphatic heterocycles. The summed E-state index contributed by atoms with van der Waals surface area (Å²) in [5, 5.41) is 1.10. The minimum atomic E-state index is -0.0985. The minimum absolute atomic E-state index is 0.0985. The van der Waals surface area contributed by atoms with E-state index >= 15 is 0 Å². The predicted molar refractivity (Wildman–Crippen MR) is 146 cm³/mol. The number of aryl methyl sites for hydroxylation is 1. The number of ether oxygens (including phenoxy) is 4. The molecule has 0 radical (unpaired) electrons. The van der Waals surface area contributed by atoms with Crippen LogP contribution in [0.2, 0.25) is 0 Å². The lowest BCUT2D eigenvalue weighted by Gasteiger charge is -2.29. The molecule has 7 nitrogen and oxygen atoms in total. The van der Waals surface area contributed by atoms with Crippen molar-refractivity contribution in [3.8, 4) is 23.0 Å². The zero-order valence-electron chi connectivity index (χ0n) is 21.8. The van der Waals surface area contributed by atoms with Gasteiger partial charge in [0, 0.05) is 42.3 Å². The maximum atomic E-state index is 13.3. The van der Waals surface area contributed by atoms with Crippen molar-refractivity contribution in [1.29, 1.82) is 0 Å². The van der Waals surface area contributed by atoms with Crippen LogP contribution < -0.4 is 18.9 Å². The smallest absolute Gasteiger partial charge is 0.231 e. The number of methoxy groups -OCH3 is 2. The molecule has 4 aromatic rings. The number of rotatable bonds is 7. The molecule has 7 heteroatoms. The van der Waals surface area contributed by atoms with E-state index in [1.165, 1.54) is 0 Å². The summed E-state index contributed by atoms with van der Waals surface area (Å²) in [6, 6.07) is 17.9. The third-order valence-electron chi connectivity index (χ3n) is 7.29. The van der Waals surface area contributed by atoms with Crippen molar-refractivity contribution in [1.82, 2.24) is 9.47 Å². The molecule has 0 amide bonds. The summed E-state index contributed by atoms with van der Waals surface area (Å²) in [6.07, 6.45) is 4.76. The fourth-order valence-electron chi connectivity index (χ4n) is 5.26. The molecule has 0 saturated carbocycles. The summed E-state index contributed by atoms with van der Waals surface area (Å²) in [5.74, 6) is 3.05. The fourth-order valence-corrected chi connectivity index (χ4v) is 5.26. The van der Waals surface area contributed by atoms with E-state index in [9.17, 15) is 4.79 Å². The predicted octanol–water partition coefficient (Wildman–Crippen LogP) is 5.69. The molecule has 0 saturated heterocycles. The number of hydrogen-bond donors (Lipinski definition) is 0. The van der Waals surface area contributed by atoms with Gasteiger partial charge < -0.3 is 23.5 Å². The summed E-state index contributed by atoms with van der Waals surface area (Å²) in [4.78, 5) is 15.5. The average Bonchev–Trinajstić information content (AvgIpc) is 3.48. The van der Waals surface area contributed by atoms with E-state index in [-0.39, 0.29) is 5.78 Å². The Labute approximate surface area is 221 Å². The Morgan fingerprint density at radius 1 is 1.03 bits per heavy atom. The average molecular weight is 511 g/mol. The maximum absolute atomic E-state index is 13.3. The van der Waals surface area contributed by atoms with Crippen LogP contribution in [0.3, 0.4) is 0 Å². The monoisotopic (exact) mass is 510 g/mol. The first kappa shape index (κ1) is 24.1. The van der Waals surface area contributed by atoms with E-state index < -0.39 is 0 Å². The number of aromatic nitrogens is 1. The van der Waals surface area contributed by atoms with E-state index in [1.54, 1.807) is 14.2 Å². The number of Topliss-reactive ketones (excluding diaryl/α,β-unsaturated/α-hetero) is 1. The van der Waals surface area contributed by atoms with Crippen LogP contribution in [0.15, 0.2) is 66.6 Å². The summed E-state index contributed by atoms with van der Waals surface area (Å²) >= 11 is 0. The second kappa shape index (κ2) is 9.91. The zero-order chi connectivity index (χ0) is 26.2. The molecule has 194 valence electrons. The van der Waals surface area contributed by atoms with Crippen LogP contribution in [0, 0.1) is 0 Å². The summed E-state index contributed by atoms with van der Waals surface area (Å²) in [6.45, 7) is 4.86.